The molecule has 2 amide bonds. The SMILES string of the molecule is COc1ccc(CCN2C(=O)C[C@@H](N3CCN(c4ccccn4)CC3)C2=O)cc1OC. The zero-order chi connectivity index (χ0) is 21.8. The molecule has 0 radical (unpaired) electrons. The lowest BCUT2D eigenvalue weighted by Gasteiger charge is -2.37. The van der Waals surface area contributed by atoms with E-state index in [1.807, 2.05) is 36.4 Å². The van der Waals surface area contributed by atoms with Crippen molar-refractivity contribution in [2.24, 2.45) is 0 Å². The van der Waals surface area contributed by atoms with Gasteiger partial charge >= 0.3 is 0 Å². The van der Waals surface area contributed by atoms with Crippen LogP contribution >= 0.6 is 0 Å². The summed E-state index contributed by atoms with van der Waals surface area (Å²) < 4.78 is 10.6. The van der Waals surface area contributed by atoms with Crippen LogP contribution in [0.1, 0.15) is 12.0 Å². The fraction of sp³-hybridized carbons (Fsp3) is 0.435. The van der Waals surface area contributed by atoms with Crippen LogP contribution in [0.4, 0.5) is 5.82 Å². The summed E-state index contributed by atoms with van der Waals surface area (Å²) in [5.41, 5.74) is 0.991. The number of aromatic nitrogens is 1. The third kappa shape index (κ3) is 4.49. The molecule has 1 aromatic heterocycles. The number of hydrogen-bond acceptors (Lipinski definition) is 7. The molecule has 0 bridgehead atoms. The number of carbonyl (C=O) groups is 2. The molecule has 2 aliphatic heterocycles. The number of likely N-dealkylation sites (tertiary alicyclic amines) is 1. The Morgan fingerprint density at radius 1 is 1.00 bits per heavy atom. The molecular formula is C23H28N4O4. The van der Waals surface area contributed by atoms with Gasteiger partial charge in [0.1, 0.15) is 5.82 Å². The second-order valence-electron chi connectivity index (χ2n) is 7.75. The van der Waals surface area contributed by atoms with Crippen molar-refractivity contribution in [1.82, 2.24) is 14.8 Å². The predicted molar refractivity (Wildman–Crippen MR) is 116 cm³/mol. The monoisotopic (exact) mass is 424 g/mol. The van der Waals surface area contributed by atoms with Crippen LogP contribution in [0.25, 0.3) is 0 Å². The zero-order valence-electron chi connectivity index (χ0n) is 18.0. The van der Waals surface area contributed by atoms with Crippen molar-refractivity contribution in [2.45, 2.75) is 18.9 Å². The topological polar surface area (TPSA) is 75.2 Å². The number of rotatable bonds is 7. The van der Waals surface area contributed by atoms with E-state index < -0.39 is 0 Å². The van der Waals surface area contributed by atoms with Gasteiger partial charge in [-0.05, 0) is 36.2 Å². The van der Waals surface area contributed by atoms with E-state index in [0.29, 0.717) is 24.5 Å². The van der Waals surface area contributed by atoms with Crippen LogP contribution in [0, 0.1) is 0 Å². The van der Waals surface area contributed by atoms with Crippen molar-refractivity contribution in [1.29, 1.82) is 0 Å². The first kappa shape index (κ1) is 21.1. The molecule has 4 rings (SSSR count). The summed E-state index contributed by atoms with van der Waals surface area (Å²) in [7, 11) is 3.18. The van der Waals surface area contributed by atoms with Crippen LogP contribution in [0.5, 0.6) is 11.5 Å². The summed E-state index contributed by atoms with van der Waals surface area (Å²) in [5, 5.41) is 0. The number of ether oxygens (including phenoxy) is 2. The van der Waals surface area contributed by atoms with E-state index >= 15 is 0 Å². The lowest BCUT2D eigenvalue weighted by molar-refractivity contribution is -0.139. The summed E-state index contributed by atoms with van der Waals surface area (Å²) in [6.45, 7) is 3.44. The second kappa shape index (κ2) is 9.34. The van der Waals surface area contributed by atoms with Crippen molar-refractivity contribution in [2.75, 3.05) is 51.8 Å². The molecule has 2 fully saturated rings. The molecule has 1 atom stereocenters. The number of anilines is 1. The van der Waals surface area contributed by atoms with E-state index in [1.165, 1.54) is 4.90 Å². The maximum atomic E-state index is 13.0. The summed E-state index contributed by atoms with van der Waals surface area (Å²) in [6.07, 6.45) is 2.63. The molecule has 0 spiro atoms. The van der Waals surface area contributed by atoms with Crippen molar-refractivity contribution in [3.05, 3.63) is 48.2 Å². The van der Waals surface area contributed by atoms with Crippen molar-refractivity contribution >= 4 is 17.6 Å². The van der Waals surface area contributed by atoms with Gasteiger partial charge in [-0.15, -0.1) is 0 Å². The van der Waals surface area contributed by atoms with Crippen LogP contribution in [-0.2, 0) is 16.0 Å². The number of amides is 2. The number of methoxy groups -OCH3 is 2. The number of piperazine rings is 1. The third-order valence-corrected chi connectivity index (χ3v) is 6.02. The van der Waals surface area contributed by atoms with Crippen molar-refractivity contribution in [3.8, 4) is 11.5 Å². The Kier molecular flexibility index (Phi) is 6.36. The highest BCUT2D eigenvalue weighted by Crippen LogP contribution is 2.28. The third-order valence-electron chi connectivity index (χ3n) is 6.02. The fourth-order valence-electron chi connectivity index (χ4n) is 4.27. The second-order valence-corrected chi connectivity index (χ2v) is 7.75. The average molecular weight is 425 g/mol. The molecule has 3 heterocycles. The maximum Gasteiger partial charge on any atom is 0.247 e. The van der Waals surface area contributed by atoms with Crippen molar-refractivity contribution < 1.29 is 19.1 Å². The summed E-state index contributed by atoms with van der Waals surface area (Å²) in [6, 6.07) is 11.2. The van der Waals surface area contributed by atoms with Gasteiger partial charge in [0.2, 0.25) is 11.8 Å². The first-order valence-electron chi connectivity index (χ1n) is 10.6. The van der Waals surface area contributed by atoms with Gasteiger partial charge in [-0.2, -0.15) is 0 Å². The minimum absolute atomic E-state index is 0.0863. The van der Waals surface area contributed by atoms with E-state index in [9.17, 15) is 9.59 Å². The predicted octanol–water partition coefficient (Wildman–Crippen LogP) is 1.59. The number of carbonyl (C=O) groups excluding carboxylic acids is 2. The standard InChI is InChI=1S/C23H28N4O4/c1-30-19-7-6-17(15-20(19)31-2)8-10-27-22(28)16-18(23(27)29)25-11-13-26(14-12-25)21-5-3-4-9-24-21/h3-7,9,15,18H,8,10-14,16H2,1-2H3/t18-/m1/s1. The Hall–Kier alpha value is -3.13. The van der Waals surface area contributed by atoms with Crippen LogP contribution in [0.2, 0.25) is 0 Å². The van der Waals surface area contributed by atoms with E-state index in [2.05, 4.69) is 14.8 Å². The number of hydrogen-bond donors (Lipinski definition) is 0. The van der Waals surface area contributed by atoms with E-state index in [0.717, 1.165) is 37.6 Å². The lowest BCUT2D eigenvalue weighted by atomic mass is 10.1. The summed E-state index contributed by atoms with van der Waals surface area (Å²) in [5.74, 6) is 2.07. The van der Waals surface area contributed by atoms with E-state index in [-0.39, 0.29) is 24.3 Å². The number of benzene rings is 1. The van der Waals surface area contributed by atoms with Crippen LogP contribution in [0.3, 0.4) is 0 Å². The molecule has 0 saturated carbocycles. The molecule has 164 valence electrons. The normalized spacial score (nSPS) is 19.7. The van der Waals surface area contributed by atoms with Gasteiger partial charge in [0.05, 0.1) is 26.7 Å². The number of nitrogens with zero attached hydrogens (tertiary/aromatic N) is 4. The molecule has 1 aromatic carbocycles. The number of pyridine rings is 1. The highest BCUT2D eigenvalue weighted by atomic mass is 16.5. The Morgan fingerprint density at radius 3 is 2.45 bits per heavy atom. The Labute approximate surface area is 182 Å². The summed E-state index contributed by atoms with van der Waals surface area (Å²) in [4.78, 5) is 35.7. The molecular weight excluding hydrogens is 396 g/mol. The van der Waals surface area contributed by atoms with Crippen LogP contribution < -0.4 is 14.4 Å². The van der Waals surface area contributed by atoms with Crippen LogP contribution in [0.15, 0.2) is 42.6 Å². The number of imide groups is 1. The van der Waals surface area contributed by atoms with E-state index in [4.69, 9.17) is 9.47 Å². The Bertz CT molecular complexity index is 928. The highest BCUT2D eigenvalue weighted by molar-refractivity contribution is 6.05. The van der Waals surface area contributed by atoms with Crippen molar-refractivity contribution in [3.63, 3.8) is 0 Å². The Balaban J connectivity index is 1.34. The average Bonchev–Trinajstić information content (AvgIpc) is 3.11. The summed E-state index contributed by atoms with van der Waals surface area (Å²) >= 11 is 0. The molecule has 2 saturated heterocycles. The van der Waals surface area contributed by atoms with Gasteiger partial charge < -0.3 is 14.4 Å². The fourth-order valence-corrected chi connectivity index (χ4v) is 4.27. The first-order valence-corrected chi connectivity index (χ1v) is 10.6. The highest BCUT2D eigenvalue weighted by Gasteiger charge is 2.42. The molecule has 2 aliphatic rings. The van der Waals surface area contributed by atoms with Gasteiger partial charge in [0.25, 0.3) is 0 Å². The maximum absolute atomic E-state index is 13.0. The quantitative estimate of drug-likeness (QED) is 0.625. The zero-order valence-corrected chi connectivity index (χ0v) is 18.0. The van der Waals surface area contributed by atoms with Gasteiger partial charge in [0.15, 0.2) is 11.5 Å². The van der Waals surface area contributed by atoms with Crippen LogP contribution in [-0.4, -0.2) is 79.6 Å². The largest absolute Gasteiger partial charge is 0.493 e. The van der Waals surface area contributed by atoms with Gasteiger partial charge in [-0.1, -0.05) is 12.1 Å². The molecule has 0 N–H and O–H groups in total. The van der Waals surface area contributed by atoms with E-state index in [1.54, 1.807) is 20.4 Å². The minimum atomic E-state index is -0.358. The van der Waals surface area contributed by atoms with Gasteiger partial charge in [-0.25, -0.2) is 4.98 Å². The van der Waals surface area contributed by atoms with Gasteiger partial charge in [0, 0.05) is 38.9 Å². The smallest absolute Gasteiger partial charge is 0.247 e. The molecule has 0 unspecified atom stereocenters. The minimum Gasteiger partial charge on any atom is -0.493 e. The molecule has 31 heavy (non-hydrogen) atoms. The molecule has 0 aliphatic carbocycles. The first-order chi connectivity index (χ1) is 15.1. The molecule has 2 aromatic rings. The lowest BCUT2D eigenvalue weighted by Crippen LogP contribution is -2.52. The molecule has 8 heteroatoms. The Morgan fingerprint density at radius 2 is 1.77 bits per heavy atom. The van der Waals surface area contributed by atoms with Gasteiger partial charge in [-0.3, -0.25) is 19.4 Å². The molecule has 8 nitrogen and oxygen atoms in total.